The van der Waals surface area contributed by atoms with Crippen LogP contribution in [0.3, 0.4) is 0 Å². The maximum atomic E-state index is 12.3. The molecule has 144 valence electrons. The van der Waals surface area contributed by atoms with Gasteiger partial charge < -0.3 is 4.74 Å². The summed E-state index contributed by atoms with van der Waals surface area (Å²) in [6.45, 7) is 4.36. The van der Waals surface area contributed by atoms with Crippen molar-refractivity contribution < 1.29 is 14.3 Å². The molecule has 0 amide bonds. The molecule has 2 rings (SSSR count). The lowest BCUT2D eigenvalue weighted by Gasteiger charge is -2.09. The van der Waals surface area contributed by atoms with E-state index in [4.69, 9.17) is 4.74 Å². The molecule has 0 aliphatic carbocycles. The number of hydrogen-bond acceptors (Lipinski definition) is 3. The normalized spacial score (nSPS) is 10.6. The van der Waals surface area contributed by atoms with Crippen molar-refractivity contribution in [2.45, 2.75) is 58.8 Å². The average Bonchev–Trinajstić information content (AvgIpc) is 2.69. The summed E-state index contributed by atoms with van der Waals surface area (Å²) in [4.78, 5) is 24.4. The zero-order chi connectivity index (χ0) is 19.5. The van der Waals surface area contributed by atoms with Crippen molar-refractivity contribution >= 4 is 11.8 Å². The van der Waals surface area contributed by atoms with Crippen molar-refractivity contribution in [3.05, 3.63) is 70.8 Å². The van der Waals surface area contributed by atoms with E-state index in [0.29, 0.717) is 25.0 Å². The first-order valence-corrected chi connectivity index (χ1v) is 10.0. The molecule has 0 aromatic heterocycles. The molecule has 0 unspecified atom stereocenters. The number of benzene rings is 2. The largest absolute Gasteiger partial charge is 0.462 e. The number of carbonyl (C=O) groups is 2. The molecule has 0 radical (unpaired) electrons. The fraction of sp³-hybridized carbons (Fsp3) is 0.417. The zero-order valence-electron chi connectivity index (χ0n) is 16.5. The van der Waals surface area contributed by atoms with Crippen LogP contribution in [0.4, 0.5) is 0 Å². The Kier molecular flexibility index (Phi) is 8.76. The second-order valence-corrected chi connectivity index (χ2v) is 6.84. The van der Waals surface area contributed by atoms with Gasteiger partial charge in [-0.2, -0.15) is 0 Å². The Balaban J connectivity index is 1.96. The number of Topliss-reactive ketones (excluding diaryl/α,β-unsaturated/α-hetero) is 1. The minimum atomic E-state index is -0.289. The number of rotatable bonds is 11. The molecule has 0 fully saturated rings. The van der Waals surface area contributed by atoms with Gasteiger partial charge in [0.1, 0.15) is 0 Å². The van der Waals surface area contributed by atoms with Gasteiger partial charge in [-0.3, -0.25) is 4.79 Å². The molecule has 0 heterocycles. The predicted molar refractivity (Wildman–Crippen MR) is 109 cm³/mol. The Bertz CT molecular complexity index is 732. The number of ether oxygens (including phenoxy) is 1. The van der Waals surface area contributed by atoms with Gasteiger partial charge in [-0.25, -0.2) is 4.79 Å². The Morgan fingerprint density at radius 1 is 0.852 bits per heavy atom. The first-order valence-electron chi connectivity index (χ1n) is 10.0. The van der Waals surface area contributed by atoms with Crippen LogP contribution in [-0.4, -0.2) is 18.4 Å². The molecule has 0 atom stereocenters. The summed E-state index contributed by atoms with van der Waals surface area (Å²) < 4.78 is 5.14. The van der Waals surface area contributed by atoms with Crippen LogP contribution < -0.4 is 0 Å². The lowest BCUT2D eigenvalue weighted by Crippen LogP contribution is -2.08. The van der Waals surface area contributed by atoms with Gasteiger partial charge in [0.05, 0.1) is 12.2 Å². The SMILES string of the molecule is CCCCCCCC(=O)c1ccc(Cc2ccccc2C(=O)OCC)cc1. The third-order valence-electron chi connectivity index (χ3n) is 4.69. The second-order valence-electron chi connectivity index (χ2n) is 6.84. The van der Waals surface area contributed by atoms with Gasteiger partial charge in [-0.1, -0.05) is 75.1 Å². The van der Waals surface area contributed by atoms with Crippen LogP contribution in [0.25, 0.3) is 0 Å². The summed E-state index contributed by atoms with van der Waals surface area (Å²) in [5.41, 5.74) is 3.39. The quantitative estimate of drug-likeness (QED) is 0.278. The van der Waals surface area contributed by atoms with Crippen LogP contribution in [0.5, 0.6) is 0 Å². The van der Waals surface area contributed by atoms with E-state index in [1.54, 1.807) is 13.0 Å². The third-order valence-corrected chi connectivity index (χ3v) is 4.69. The Morgan fingerprint density at radius 2 is 1.56 bits per heavy atom. The smallest absolute Gasteiger partial charge is 0.338 e. The highest BCUT2D eigenvalue weighted by Crippen LogP contribution is 2.17. The molecular formula is C24H30O3. The molecular weight excluding hydrogens is 336 g/mol. The van der Waals surface area contributed by atoms with E-state index < -0.39 is 0 Å². The Labute approximate surface area is 162 Å². The first-order chi connectivity index (χ1) is 13.2. The lowest BCUT2D eigenvalue weighted by atomic mass is 9.97. The van der Waals surface area contributed by atoms with Gasteiger partial charge in [0.2, 0.25) is 0 Å². The van der Waals surface area contributed by atoms with Gasteiger partial charge in [-0.15, -0.1) is 0 Å². The molecule has 3 nitrogen and oxygen atoms in total. The monoisotopic (exact) mass is 366 g/mol. The van der Waals surface area contributed by atoms with E-state index in [1.807, 2.05) is 42.5 Å². The molecule has 0 saturated heterocycles. The highest BCUT2D eigenvalue weighted by molar-refractivity contribution is 5.96. The van der Waals surface area contributed by atoms with E-state index in [0.717, 1.165) is 29.5 Å². The molecule has 0 bridgehead atoms. The minimum Gasteiger partial charge on any atom is -0.462 e. The molecule has 0 N–H and O–H groups in total. The highest BCUT2D eigenvalue weighted by atomic mass is 16.5. The molecule has 0 spiro atoms. The van der Waals surface area contributed by atoms with E-state index >= 15 is 0 Å². The molecule has 2 aromatic carbocycles. The number of unbranched alkanes of at least 4 members (excludes halogenated alkanes) is 4. The van der Waals surface area contributed by atoms with Crippen molar-refractivity contribution in [1.82, 2.24) is 0 Å². The summed E-state index contributed by atoms with van der Waals surface area (Å²) in [5.74, 6) is -0.0760. The van der Waals surface area contributed by atoms with Crippen molar-refractivity contribution in [1.29, 1.82) is 0 Å². The van der Waals surface area contributed by atoms with E-state index in [9.17, 15) is 9.59 Å². The lowest BCUT2D eigenvalue weighted by molar-refractivity contribution is 0.0525. The second kappa shape index (κ2) is 11.3. The van der Waals surface area contributed by atoms with E-state index in [2.05, 4.69) is 6.92 Å². The van der Waals surface area contributed by atoms with Gasteiger partial charge in [0, 0.05) is 12.0 Å². The zero-order valence-corrected chi connectivity index (χ0v) is 16.5. The predicted octanol–water partition coefficient (Wildman–Crippen LogP) is 6.00. The summed E-state index contributed by atoms with van der Waals surface area (Å²) in [7, 11) is 0. The fourth-order valence-electron chi connectivity index (χ4n) is 3.14. The summed E-state index contributed by atoms with van der Waals surface area (Å²) in [5, 5.41) is 0. The van der Waals surface area contributed by atoms with Gasteiger partial charge >= 0.3 is 5.97 Å². The van der Waals surface area contributed by atoms with E-state index in [-0.39, 0.29) is 11.8 Å². The third kappa shape index (κ3) is 6.67. The Hall–Kier alpha value is -2.42. The number of hydrogen-bond donors (Lipinski definition) is 0. The van der Waals surface area contributed by atoms with Crippen molar-refractivity contribution in [3.8, 4) is 0 Å². The maximum Gasteiger partial charge on any atom is 0.338 e. The van der Waals surface area contributed by atoms with Gasteiger partial charge in [-0.05, 0) is 37.0 Å². The molecule has 27 heavy (non-hydrogen) atoms. The van der Waals surface area contributed by atoms with Crippen LogP contribution in [0.1, 0.15) is 84.2 Å². The summed E-state index contributed by atoms with van der Waals surface area (Å²) in [6, 6.07) is 15.3. The van der Waals surface area contributed by atoms with Crippen molar-refractivity contribution in [3.63, 3.8) is 0 Å². The molecule has 0 aliphatic rings. The molecule has 3 heteroatoms. The van der Waals surface area contributed by atoms with Crippen LogP contribution >= 0.6 is 0 Å². The topological polar surface area (TPSA) is 43.4 Å². The number of esters is 1. The van der Waals surface area contributed by atoms with Crippen LogP contribution in [0.2, 0.25) is 0 Å². The average molecular weight is 367 g/mol. The van der Waals surface area contributed by atoms with Crippen LogP contribution in [-0.2, 0) is 11.2 Å². The minimum absolute atomic E-state index is 0.213. The van der Waals surface area contributed by atoms with Crippen molar-refractivity contribution in [2.75, 3.05) is 6.61 Å². The number of carbonyl (C=O) groups excluding carboxylic acids is 2. The van der Waals surface area contributed by atoms with Gasteiger partial charge in [0.25, 0.3) is 0 Å². The van der Waals surface area contributed by atoms with Gasteiger partial charge in [0.15, 0.2) is 5.78 Å². The molecule has 0 saturated carbocycles. The van der Waals surface area contributed by atoms with E-state index in [1.165, 1.54) is 19.3 Å². The molecule has 2 aromatic rings. The standard InChI is InChI=1S/C24H30O3/c1-3-5-6-7-8-13-23(25)20-16-14-19(15-17-20)18-21-11-9-10-12-22(21)24(26)27-4-2/h9-12,14-17H,3-8,13,18H2,1-2H3. The fourth-order valence-corrected chi connectivity index (χ4v) is 3.14. The summed E-state index contributed by atoms with van der Waals surface area (Å²) in [6.07, 6.45) is 7.03. The van der Waals surface area contributed by atoms with Crippen LogP contribution in [0, 0.1) is 0 Å². The first kappa shape index (κ1) is 20.9. The number of ketones is 1. The van der Waals surface area contributed by atoms with Crippen LogP contribution in [0.15, 0.2) is 48.5 Å². The summed E-state index contributed by atoms with van der Waals surface area (Å²) >= 11 is 0. The molecule has 0 aliphatic heterocycles. The maximum absolute atomic E-state index is 12.3. The van der Waals surface area contributed by atoms with Crippen molar-refractivity contribution in [2.24, 2.45) is 0 Å². The highest BCUT2D eigenvalue weighted by Gasteiger charge is 2.12. The Morgan fingerprint density at radius 3 is 2.26 bits per heavy atom.